The molecule has 1 aliphatic rings. The summed E-state index contributed by atoms with van der Waals surface area (Å²) in [6.45, 7) is 8.60. The van der Waals surface area contributed by atoms with Gasteiger partial charge in [0, 0.05) is 17.3 Å². The van der Waals surface area contributed by atoms with Crippen LogP contribution >= 0.6 is 11.6 Å². The molecule has 1 aromatic rings. The Kier molecular flexibility index (Phi) is 5.26. The highest BCUT2D eigenvalue weighted by Gasteiger charge is 2.27. The van der Waals surface area contributed by atoms with E-state index in [1.54, 1.807) is 6.07 Å². The predicted molar refractivity (Wildman–Crippen MR) is 86.8 cm³/mol. The zero-order chi connectivity index (χ0) is 15.6. The minimum absolute atomic E-state index is 0.0346. The third-order valence-electron chi connectivity index (χ3n) is 4.42. The fourth-order valence-electron chi connectivity index (χ4n) is 3.08. The standard InChI is InChI=1S/C17H25ClN2O/c1-10(2)15-8-13(9-16(18)19-15)17(21)20-14-6-5-11(3)7-12(14)4/h8-12,14H,5-7H2,1-4H3,(H,20,21). The van der Waals surface area contributed by atoms with Crippen molar-refractivity contribution in [2.45, 2.75) is 58.9 Å². The Morgan fingerprint density at radius 1 is 1.33 bits per heavy atom. The Morgan fingerprint density at radius 3 is 2.67 bits per heavy atom. The number of rotatable bonds is 3. The summed E-state index contributed by atoms with van der Waals surface area (Å²) in [4.78, 5) is 16.7. The van der Waals surface area contributed by atoms with Crippen LogP contribution < -0.4 is 5.32 Å². The Hall–Kier alpha value is -1.09. The van der Waals surface area contributed by atoms with E-state index in [1.807, 2.05) is 19.9 Å². The fourth-order valence-corrected chi connectivity index (χ4v) is 3.29. The lowest BCUT2D eigenvalue weighted by Crippen LogP contribution is -2.42. The van der Waals surface area contributed by atoms with Crippen molar-refractivity contribution in [3.05, 3.63) is 28.5 Å². The van der Waals surface area contributed by atoms with Gasteiger partial charge in [0.15, 0.2) is 0 Å². The second-order valence-electron chi connectivity index (χ2n) is 6.73. The molecular weight excluding hydrogens is 284 g/mol. The maximum absolute atomic E-state index is 12.5. The molecule has 1 N–H and O–H groups in total. The van der Waals surface area contributed by atoms with Crippen molar-refractivity contribution in [1.82, 2.24) is 10.3 Å². The first-order valence-corrected chi connectivity index (χ1v) is 8.23. The molecule has 3 nitrogen and oxygen atoms in total. The molecule has 1 fully saturated rings. The lowest BCUT2D eigenvalue weighted by atomic mass is 9.80. The summed E-state index contributed by atoms with van der Waals surface area (Å²) in [7, 11) is 0. The topological polar surface area (TPSA) is 42.0 Å². The summed E-state index contributed by atoms with van der Waals surface area (Å²) in [5, 5.41) is 3.56. The van der Waals surface area contributed by atoms with Crippen LogP contribution in [0.4, 0.5) is 0 Å². The molecule has 1 amide bonds. The van der Waals surface area contributed by atoms with E-state index in [4.69, 9.17) is 11.6 Å². The summed E-state index contributed by atoms with van der Waals surface area (Å²) in [5.74, 6) is 1.51. The van der Waals surface area contributed by atoms with Gasteiger partial charge >= 0.3 is 0 Å². The highest BCUT2D eigenvalue weighted by atomic mass is 35.5. The molecule has 2 rings (SSSR count). The molecule has 0 bridgehead atoms. The number of aromatic nitrogens is 1. The number of amides is 1. The zero-order valence-corrected chi connectivity index (χ0v) is 14.1. The first-order valence-electron chi connectivity index (χ1n) is 7.85. The van der Waals surface area contributed by atoms with Gasteiger partial charge in [0.2, 0.25) is 0 Å². The average molecular weight is 309 g/mol. The summed E-state index contributed by atoms with van der Waals surface area (Å²) < 4.78 is 0. The summed E-state index contributed by atoms with van der Waals surface area (Å²) >= 11 is 6.04. The van der Waals surface area contributed by atoms with Crippen molar-refractivity contribution >= 4 is 17.5 Å². The number of pyridine rings is 1. The van der Waals surface area contributed by atoms with Crippen LogP contribution in [0.25, 0.3) is 0 Å². The van der Waals surface area contributed by atoms with Crippen LogP contribution in [0.15, 0.2) is 12.1 Å². The van der Waals surface area contributed by atoms with Crippen molar-refractivity contribution in [3.63, 3.8) is 0 Å². The molecule has 116 valence electrons. The highest BCUT2D eigenvalue weighted by Crippen LogP contribution is 2.29. The van der Waals surface area contributed by atoms with Gasteiger partial charge in [-0.2, -0.15) is 0 Å². The lowest BCUT2D eigenvalue weighted by molar-refractivity contribution is 0.0899. The molecule has 1 aromatic heterocycles. The third-order valence-corrected chi connectivity index (χ3v) is 4.61. The maximum atomic E-state index is 12.5. The van der Waals surface area contributed by atoms with E-state index >= 15 is 0 Å². The van der Waals surface area contributed by atoms with Gasteiger partial charge in [-0.15, -0.1) is 0 Å². The SMILES string of the molecule is CC1CCC(NC(=O)c2cc(Cl)nc(C(C)C)c2)C(C)C1. The number of hydrogen-bond donors (Lipinski definition) is 1. The van der Waals surface area contributed by atoms with Crippen LogP contribution in [0.1, 0.15) is 68.9 Å². The average Bonchev–Trinajstić information content (AvgIpc) is 2.41. The molecule has 0 aliphatic heterocycles. The second-order valence-corrected chi connectivity index (χ2v) is 7.12. The Balaban J connectivity index is 2.10. The monoisotopic (exact) mass is 308 g/mol. The van der Waals surface area contributed by atoms with Gasteiger partial charge in [-0.3, -0.25) is 4.79 Å². The van der Waals surface area contributed by atoms with Gasteiger partial charge in [-0.05, 0) is 49.1 Å². The molecule has 1 saturated carbocycles. The quantitative estimate of drug-likeness (QED) is 0.840. The van der Waals surface area contributed by atoms with E-state index in [0.717, 1.165) is 18.0 Å². The van der Waals surface area contributed by atoms with Crippen LogP contribution in [0.3, 0.4) is 0 Å². The van der Waals surface area contributed by atoms with E-state index in [0.29, 0.717) is 16.6 Å². The van der Waals surface area contributed by atoms with Crippen molar-refractivity contribution in [1.29, 1.82) is 0 Å². The molecule has 0 aromatic carbocycles. The molecule has 1 aliphatic carbocycles. The Morgan fingerprint density at radius 2 is 2.05 bits per heavy atom. The maximum Gasteiger partial charge on any atom is 0.251 e. The third kappa shape index (κ3) is 4.19. The molecule has 0 saturated heterocycles. The van der Waals surface area contributed by atoms with E-state index in [9.17, 15) is 4.79 Å². The Labute approximate surface area is 132 Å². The van der Waals surface area contributed by atoms with Gasteiger partial charge in [0.05, 0.1) is 0 Å². The van der Waals surface area contributed by atoms with E-state index in [-0.39, 0.29) is 17.9 Å². The van der Waals surface area contributed by atoms with Crippen molar-refractivity contribution in [2.24, 2.45) is 11.8 Å². The van der Waals surface area contributed by atoms with Gasteiger partial charge in [0.25, 0.3) is 5.91 Å². The van der Waals surface area contributed by atoms with Crippen LogP contribution in [0, 0.1) is 11.8 Å². The number of nitrogens with one attached hydrogen (secondary N) is 1. The van der Waals surface area contributed by atoms with Crippen LogP contribution in [0.2, 0.25) is 5.15 Å². The van der Waals surface area contributed by atoms with Gasteiger partial charge in [0.1, 0.15) is 5.15 Å². The molecular formula is C17H25ClN2O. The minimum Gasteiger partial charge on any atom is -0.349 e. The zero-order valence-electron chi connectivity index (χ0n) is 13.3. The number of halogens is 1. The number of carbonyl (C=O) groups is 1. The molecule has 3 unspecified atom stereocenters. The largest absolute Gasteiger partial charge is 0.349 e. The Bertz CT molecular complexity index is 516. The molecule has 4 heteroatoms. The van der Waals surface area contributed by atoms with Crippen molar-refractivity contribution < 1.29 is 4.79 Å². The van der Waals surface area contributed by atoms with Crippen LogP contribution in [-0.4, -0.2) is 16.9 Å². The van der Waals surface area contributed by atoms with Crippen LogP contribution in [0.5, 0.6) is 0 Å². The molecule has 0 spiro atoms. The second kappa shape index (κ2) is 6.78. The van der Waals surface area contributed by atoms with Gasteiger partial charge in [-0.1, -0.05) is 39.3 Å². The van der Waals surface area contributed by atoms with Gasteiger partial charge in [-0.25, -0.2) is 4.98 Å². The molecule has 3 atom stereocenters. The number of nitrogens with zero attached hydrogens (tertiary/aromatic N) is 1. The number of hydrogen-bond acceptors (Lipinski definition) is 2. The normalized spacial score (nSPS) is 25.9. The molecule has 1 heterocycles. The van der Waals surface area contributed by atoms with Crippen molar-refractivity contribution in [3.8, 4) is 0 Å². The highest BCUT2D eigenvalue weighted by molar-refractivity contribution is 6.29. The van der Waals surface area contributed by atoms with E-state index in [1.165, 1.54) is 12.8 Å². The lowest BCUT2D eigenvalue weighted by Gasteiger charge is -2.33. The smallest absolute Gasteiger partial charge is 0.251 e. The first kappa shape index (κ1) is 16.3. The fraction of sp³-hybridized carbons (Fsp3) is 0.647. The first-order chi connectivity index (χ1) is 9.86. The van der Waals surface area contributed by atoms with Crippen LogP contribution in [-0.2, 0) is 0 Å². The molecule has 0 radical (unpaired) electrons. The summed E-state index contributed by atoms with van der Waals surface area (Å²) in [5.41, 5.74) is 1.47. The molecule has 21 heavy (non-hydrogen) atoms. The van der Waals surface area contributed by atoms with E-state index < -0.39 is 0 Å². The predicted octanol–water partition coefficient (Wildman–Crippen LogP) is 4.41. The minimum atomic E-state index is -0.0346. The number of carbonyl (C=O) groups excluding carboxylic acids is 1. The summed E-state index contributed by atoms with van der Waals surface area (Å²) in [6.07, 6.45) is 3.42. The van der Waals surface area contributed by atoms with Crippen molar-refractivity contribution in [2.75, 3.05) is 0 Å². The van der Waals surface area contributed by atoms with E-state index in [2.05, 4.69) is 24.1 Å². The van der Waals surface area contributed by atoms with Gasteiger partial charge < -0.3 is 5.32 Å². The summed E-state index contributed by atoms with van der Waals surface area (Å²) in [6, 6.07) is 3.77.